The highest BCUT2D eigenvalue weighted by Gasteiger charge is 2.17. The van der Waals surface area contributed by atoms with Gasteiger partial charge in [-0.1, -0.05) is 13.8 Å². The number of nitrogen functional groups attached to an aromatic ring is 1. The van der Waals surface area contributed by atoms with Crippen molar-refractivity contribution in [1.29, 1.82) is 0 Å². The summed E-state index contributed by atoms with van der Waals surface area (Å²) in [5.74, 6) is 1.08. The molecule has 3 N–H and O–H groups in total. The Balaban J connectivity index is 2.28. The van der Waals surface area contributed by atoms with Gasteiger partial charge >= 0.3 is 0 Å². The lowest BCUT2D eigenvalue weighted by Crippen LogP contribution is -2.15. The fraction of sp³-hybridized carbons (Fsp3) is 0.385. The predicted octanol–water partition coefficient (Wildman–Crippen LogP) is 1.74. The molecule has 5 nitrogen and oxygen atoms in total. The van der Waals surface area contributed by atoms with Gasteiger partial charge in [-0.2, -0.15) is 0 Å². The minimum Gasteiger partial charge on any atom is -0.385 e. The second-order valence-electron chi connectivity index (χ2n) is 5.06. The molecule has 1 aliphatic rings. The normalized spacial score (nSPS) is 13.9. The summed E-state index contributed by atoms with van der Waals surface area (Å²) < 4.78 is 2.17. The standard InChI is InChI=1S/C13H17N5/c1-8(2)6-18-7-16-11-12(18)9-3-4-15-5-10(9)17-13(11)14/h3-4,7-8,15H,5-6H2,1-2H3,(H2,14,17). The molecule has 0 saturated heterocycles. The smallest absolute Gasteiger partial charge is 0.152 e. The van der Waals surface area contributed by atoms with E-state index in [2.05, 4.69) is 33.7 Å². The molecular weight excluding hydrogens is 226 g/mol. The Kier molecular flexibility index (Phi) is 2.47. The van der Waals surface area contributed by atoms with Gasteiger partial charge in [0, 0.05) is 12.1 Å². The number of hydrogen-bond donors (Lipinski definition) is 2. The summed E-state index contributed by atoms with van der Waals surface area (Å²) in [6, 6.07) is 0. The summed E-state index contributed by atoms with van der Waals surface area (Å²) in [6.07, 6.45) is 5.86. The van der Waals surface area contributed by atoms with E-state index in [9.17, 15) is 0 Å². The fourth-order valence-electron chi connectivity index (χ4n) is 2.39. The van der Waals surface area contributed by atoms with Crippen molar-refractivity contribution >= 4 is 22.9 Å². The molecule has 0 spiro atoms. The van der Waals surface area contributed by atoms with E-state index in [1.807, 2.05) is 18.6 Å². The van der Waals surface area contributed by atoms with Crippen LogP contribution in [0.15, 0.2) is 12.5 Å². The van der Waals surface area contributed by atoms with Crippen LogP contribution in [0.4, 0.5) is 5.82 Å². The van der Waals surface area contributed by atoms with E-state index < -0.39 is 0 Å². The first-order chi connectivity index (χ1) is 8.66. The van der Waals surface area contributed by atoms with E-state index in [-0.39, 0.29) is 0 Å². The van der Waals surface area contributed by atoms with E-state index >= 15 is 0 Å². The van der Waals surface area contributed by atoms with Crippen molar-refractivity contribution in [2.75, 3.05) is 5.73 Å². The Morgan fingerprint density at radius 1 is 1.50 bits per heavy atom. The highest BCUT2D eigenvalue weighted by atomic mass is 15.1. The topological polar surface area (TPSA) is 68.8 Å². The molecule has 94 valence electrons. The Morgan fingerprint density at radius 3 is 3.11 bits per heavy atom. The van der Waals surface area contributed by atoms with Gasteiger partial charge in [0.05, 0.1) is 24.1 Å². The maximum absolute atomic E-state index is 5.99. The third kappa shape index (κ3) is 1.63. The van der Waals surface area contributed by atoms with Gasteiger partial charge in [-0.25, -0.2) is 9.97 Å². The van der Waals surface area contributed by atoms with Gasteiger partial charge in [0.25, 0.3) is 0 Å². The molecule has 5 heteroatoms. The quantitative estimate of drug-likeness (QED) is 0.843. The third-order valence-corrected chi connectivity index (χ3v) is 3.10. The Bertz CT molecular complexity index is 624. The van der Waals surface area contributed by atoms with Crippen molar-refractivity contribution in [3.63, 3.8) is 0 Å². The zero-order valence-electron chi connectivity index (χ0n) is 10.6. The van der Waals surface area contributed by atoms with Crippen LogP contribution in [-0.4, -0.2) is 14.5 Å². The van der Waals surface area contributed by atoms with Crippen LogP contribution < -0.4 is 11.1 Å². The maximum Gasteiger partial charge on any atom is 0.152 e. The van der Waals surface area contributed by atoms with Gasteiger partial charge in [-0.3, -0.25) is 0 Å². The van der Waals surface area contributed by atoms with Crippen LogP contribution >= 0.6 is 0 Å². The molecule has 0 radical (unpaired) electrons. The number of aromatic nitrogens is 3. The van der Waals surface area contributed by atoms with E-state index in [4.69, 9.17) is 5.73 Å². The average Bonchev–Trinajstić information content (AvgIpc) is 2.73. The number of imidazole rings is 1. The number of fused-ring (bicyclic) bond motifs is 3. The summed E-state index contributed by atoms with van der Waals surface area (Å²) in [5.41, 5.74) is 10.0. The molecule has 2 aromatic rings. The van der Waals surface area contributed by atoms with Crippen molar-refractivity contribution in [3.05, 3.63) is 23.8 Å². The van der Waals surface area contributed by atoms with E-state index in [0.717, 1.165) is 35.4 Å². The van der Waals surface area contributed by atoms with Crippen LogP contribution in [-0.2, 0) is 13.1 Å². The van der Waals surface area contributed by atoms with Gasteiger partial charge in [-0.15, -0.1) is 0 Å². The summed E-state index contributed by atoms with van der Waals surface area (Å²) in [5, 5.41) is 3.16. The molecule has 0 saturated carbocycles. The second kappa shape index (κ2) is 4.01. The lowest BCUT2D eigenvalue weighted by atomic mass is 10.1. The van der Waals surface area contributed by atoms with Gasteiger partial charge in [-0.05, 0) is 18.2 Å². The minimum absolute atomic E-state index is 0.517. The number of nitrogens with two attached hydrogens (primary N) is 1. The molecule has 1 aliphatic heterocycles. The number of rotatable bonds is 2. The molecular formula is C13H17N5. The highest BCUT2D eigenvalue weighted by molar-refractivity contribution is 5.92. The van der Waals surface area contributed by atoms with Gasteiger partial charge in [0.1, 0.15) is 5.52 Å². The number of nitrogens with zero attached hydrogens (tertiary/aromatic N) is 3. The molecule has 0 aromatic carbocycles. The first-order valence-corrected chi connectivity index (χ1v) is 6.20. The predicted molar refractivity (Wildman–Crippen MR) is 72.7 cm³/mol. The lowest BCUT2D eigenvalue weighted by molar-refractivity contribution is 0.532. The molecule has 2 aromatic heterocycles. The van der Waals surface area contributed by atoms with Gasteiger partial charge < -0.3 is 15.6 Å². The number of pyridine rings is 1. The van der Waals surface area contributed by atoms with Crippen LogP contribution in [0.1, 0.15) is 25.1 Å². The van der Waals surface area contributed by atoms with E-state index in [1.54, 1.807) is 0 Å². The largest absolute Gasteiger partial charge is 0.385 e. The number of hydrogen-bond acceptors (Lipinski definition) is 4. The zero-order chi connectivity index (χ0) is 12.7. The summed E-state index contributed by atoms with van der Waals surface area (Å²) in [4.78, 5) is 8.82. The molecule has 18 heavy (non-hydrogen) atoms. The first-order valence-electron chi connectivity index (χ1n) is 6.20. The summed E-state index contributed by atoms with van der Waals surface area (Å²) in [6.45, 7) is 6.05. The molecule has 0 aliphatic carbocycles. The van der Waals surface area contributed by atoms with Crippen LogP contribution in [0.3, 0.4) is 0 Å². The zero-order valence-corrected chi connectivity index (χ0v) is 10.6. The molecule has 0 fully saturated rings. The van der Waals surface area contributed by atoms with E-state index in [0.29, 0.717) is 11.7 Å². The first kappa shape index (κ1) is 11.1. The third-order valence-electron chi connectivity index (χ3n) is 3.10. The summed E-state index contributed by atoms with van der Waals surface area (Å²) in [7, 11) is 0. The van der Waals surface area contributed by atoms with Gasteiger partial charge in [0.2, 0.25) is 0 Å². The van der Waals surface area contributed by atoms with Gasteiger partial charge in [0.15, 0.2) is 5.82 Å². The highest BCUT2D eigenvalue weighted by Crippen LogP contribution is 2.27. The maximum atomic E-state index is 5.99. The molecule has 3 heterocycles. The van der Waals surface area contributed by atoms with Crippen molar-refractivity contribution in [1.82, 2.24) is 19.9 Å². The molecule has 0 amide bonds. The van der Waals surface area contributed by atoms with Crippen molar-refractivity contribution in [3.8, 4) is 0 Å². The van der Waals surface area contributed by atoms with Crippen molar-refractivity contribution < 1.29 is 0 Å². The van der Waals surface area contributed by atoms with Crippen LogP contribution in [0.2, 0.25) is 0 Å². The minimum atomic E-state index is 0.517. The molecule has 0 unspecified atom stereocenters. The lowest BCUT2D eigenvalue weighted by Gasteiger charge is -2.15. The Labute approximate surface area is 106 Å². The molecule has 0 atom stereocenters. The Morgan fingerprint density at radius 2 is 2.33 bits per heavy atom. The Hall–Kier alpha value is -2.04. The van der Waals surface area contributed by atoms with E-state index in [1.165, 1.54) is 0 Å². The van der Waals surface area contributed by atoms with Crippen LogP contribution in [0.5, 0.6) is 0 Å². The fourth-order valence-corrected chi connectivity index (χ4v) is 2.39. The number of nitrogens with one attached hydrogen (secondary N) is 1. The second-order valence-corrected chi connectivity index (χ2v) is 5.06. The average molecular weight is 243 g/mol. The summed E-state index contributed by atoms with van der Waals surface area (Å²) >= 11 is 0. The van der Waals surface area contributed by atoms with Crippen LogP contribution in [0.25, 0.3) is 17.1 Å². The van der Waals surface area contributed by atoms with Crippen LogP contribution in [0, 0.1) is 5.92 Å². The monoisotopic (exact) mass is 243 g/mol. The molecule has 0 bridgehead atoms. The SMILES string of the molecule is CC(C)Cn1cnc2c(N)nc3c(c21)C=CNC3. The number of anilines is 1. The molecule has 3 rings (SSSR count). The van der Waals surface area contributed by atoms with Crippen molar-refractivity contribution in [2.45, 2.75) is 26.9 Å². The van der Waals surface area contributed by atoms with Crippen molar-refractivity contribution in [2.24, 2.45) is 5.92 Å².